The lowest BCUT2D eigenvalue weighted by atomic mass is 9.65. The van der Waals surface area contributed by atoms with Gasteiger partial charge in [-0.05, 0) is 50.4 Å². The molecule has 0 aliphatic rings. The van der Waals surface area contributed by atoms with Crippen LogP contribution in [0.15, 0.2) is 0 Å². The first kappa shape index (κ1) is 29.4. The van der Waals surface area contributed by atoms with E-state index < -0.39 is 5.60 Å². The lowest BCUT2D eigenvalue weighted by Gasteiger charge is -2.50. The number of hydrogen-bond donors (Lipinski definition) is 0. The van der Waals surface area contributed by atoms with Gasteiger partial charge >= 0.3 is 5.97 Å². The van der Waals surface area contributed by atoms with Gasteiger partial charge in [0.05, 0.1) is 17.6 Å². The van der Waals surface area contributed by atoms with E-state index in [0.717, 1.165) is 19.3 Å². The molecule has 0 radical (unpaired) electrons. The highest BCUT2D eigenvalue weighted by atomic mass is 16.6. The third-order valence-corrected chi connectivity index (χ3v) is 7.71. The summed E-state index contributed by atoms with van der Waals surface area (Å²) in [6.07, 6.45) is 3.27. The predicted molar refractivity (Wildman–Crippen MR) is 127 cm³/mol. The second-order valence-electron chi connectivity index (χ2n) is 11.3. The van der Waals surface area contributed by atoms with Gasteiger partial charge < -0.3 is 14.2 Å². The fourth-order valence-corrected chi connectivity index (χ4v) is 4.11. The van der Waals surface area contributed by atoms with Crippen LogP contribution in [-0.2, 0) is 19.0 Å². The minimum absolute atomic E-state index is 0.0427. The van der Waals surface area contributed by atoms with Crippen LogP contribution in [0.4, 0.5) is 0 Å². The van der Waals surface area contributed by atoms with E-state index in [4.69, 9.17) is 14.2 Å². The molecule has 0 aromatic heterocycles. The van der Waals surface area contributed by atoms with Crippen molar-refractivity contribution in [1.29, 1.82) is 0 Å². The Hall–Kier alpha value is -0.610. The fourth-order valence-electron chi connectivity index (χ4n) is 4.11. The highest BCUT2D eigenvalue weighted by molar-refractivity contribution is 5.73. The van der Waals surface area contributed by atoms with Crippen molar-refractivity contribution in [1.82, 2.24) is 0 Å². The molecule has 0 saturated carbocycles. The lowest BCUT2D eigenvalue weighted by molar-refractivity contribution is -0.198. The summed E-state index contributed by atoms with van der Waals surface area (Å²) >= 11 is 0. The topological polar surface area (TPSA) is 44.8 Å². The minimum atomic E-state index is -0.754. The molecule has 3 unspecified atom stereocenters. The zero-order valence-electron chi connectivity index (χ0n) is 22.4. The SMILES string of the molecule is CCOC(CC(CC(C)C)(OC)C(C)(C)CC)C(C)(C)OC(=O)C(C)C(C)(C)CC. The summed E-state index contributed by atoms with van der Waals surface area (Å²) in [5.74, 6) is 0.145. The molecular weight excluding hydrogens is 376 g/mol. The van der Waals surface area contributed by atoms with Crippen LogP contribution < -0.4 is 0 Å². The quantitative estimate of drug-likeness (QED) is 0.278. The maximum atomic E-state index is 13.0. The second kappa shape index (κ2) is 11.3. The van der Waals surface area contributed by atoms with Crippen LogP contribution in [0.1, 0.15) is 109 Å². The van der Waals surface area contributed by atoms with Crippen molar-refractivity contribution < 1.29 is 19.0 Å². The molecule has 0 heterocycles. The van der Waals surface area contributed by atoms with Gasteiger partial charge in [0.2, 0.25) is 0 Å². The molecule has 0 spiro atoms. The summed E-state index contributed by atoms with van der Waals surface area (Å²) in [7, 11) is 1.81. The smallest absolute Gasteiger partial charge is 0.309 e. The maximum absolute atomic E-state index is 13.0. The minimum Gasteiger partial charge on any atom is -0.457 e. The zero-order chi connectivity index (χ0) is 24.0. The van der Waals surface area contributed by atoms with Crippen molar-refractivity contribution in [2.45, 2.75) is 126 Å². The molecule has 3 atom stereocenters. The van der Waals surface area contributed by atoms with E-state index in [-0.39, 0.29) is 34.4 Å². The van der Waals surface area contributed by atoms with Gasteiger partial charge in [-0.15, -0.1) is 0 Å². The van der Waals surface area contributed by atoms with Crippen LogP contribution in [0.5, 0.6) is 0 Å². The highest BCUT2D eigenvalue weighted by Gasteiger charge is 2.50. The third kappa shape index (κ3) is 7.22. The van der Waals surface area contributed by atoms with E-state index in [2.05, 4.69) is 55.4 Å². The van der Waals surface area contributed by atoms with Gasteiger partial charge in [-0.2, -0.15) is 0 Å². The molecule has 0 saturated heterocycles. The number of ether oxygens (including phenoxy) is 3. The summed E-state index contributed by atoms with van der Waals surface area (Å²) in [6, 6.07) is 0. The maximum Gasteiger partial charge on any atom is 0.309 e. The summed E-state index contributed by atoms with van der Waals surface area (Å²) in [4.78, 5) is 13.0. The molecule has 180 valence electrons. The zero-order valence-corrected chi connectivity index (χ0v) is 22.4. The number of rotatable bonds is 14. The average molecular weight is 429 g/mol. The average Bonchev–Trinajstić information content (AvgIpc) is 2.65. The van der Waals surface area contributed by atoms with Gasteiger partial charge in [0.1, 0.15) is 5.60 Å². The Balaban J connectivity index is 5.94. The van der Waals surface area contributed by atoms with Crippen LogP contribution in [0.3, 0.4) is 0 Å². The summed E-state index contributed by atoms with van der Waals surface area (Å²) in [5.41, 5.74) is -1.27. The number of esters is 1. The largest absolute Gasteiger partial charge is 0.457 e. The van der Waals surface area contributed by atoms with E-state index in [9.17, 15) is 4.79 Å². The van der Waals surface area contributed by atoms with Crippen molar-refractivity contribution in [3.8, 4) is 0 Å². The molecule has 0 aromatic carbocycles. The summed E-state index contributed by atoms with van der Waals surface area (Å²) in [5, 5.41) is 0. The molecule has 0 rings (SSSR count). The van der Waals surface area contributed by atoms with Gasteiger partial charge in [0.25, 0.3) is 0 Å². The van der Waals surface area contributed by atoms with E-state index >= 15 is 0 Å². The highest BCUT2D eigenvalue weighted by Crippen LogP contribution is 2.46. The Labute approximate surface area is 187 Å². The van der Waals surface area contributed by atoms with E-state index in [1.807, 2.05) is 34.8 Å². The van der Waals surface area contributed by atoms with Gasteiger partial charge in [-0.3, -0.25) is 4.79 Å². The Bertz CT molecular complexity index is 521. The second-order valence-corrected chi connectivity index (χ2v) is 11.3. The van der Waals surface area contributed by atoms with Crippen LogP contribution in [0.25, 0.3) is 0 Å². The molecule has 0 aliphatic heterocycles. The first-order valence-electron chi connectivity index (χ1n) is 11.9. The van der Waals surface area contributed by atoms with Gasteiger partial charge in [0, 0.05) is 20.1 Å². The first-order chi connectivity index (χ1) is 13.6. The molecule has 4 heteroatoms. The van der Waals surface area contributed by atoms with Crippen molar-refractivity contribution >= 4 is 5.97 Å². The van der Waals surface area contributed by atoms with Crippen molar-refractivity contribution in [2.24, 2.45) is 22.7 Å². The van der Waals surface area contributed by atoms with Gasteiger partial charge in [0.15, 0.2) is 0 Å². The number of carbonyl (C=O) groups is 1. The Morgan fingerprint density at radius 3 is 1.77 bits per heavy atom. The van der Waals surface area contributed by atoms with E-state index in [1.54, 1.807) is 0 Å². The summed E-state index contributed by atoms with van der Waals surface area (Å²) < 4.78 is 18.6. The van der Waals surface area contributed by atoms with Crippen molar-refractivity contribution in [3.05, 3.63) is 0 Å². The standard InChI is InChI=1S/C26H52O4/c1-14-23(7,8)20(6)22(27)30-25(11,12)21(29-16-3)18-26(28-13,17-19(4)5)24(9,10)15-2/h19-21H,14-18H2,1-13H3. The first-order valence-corrected chi connectivity index (χ1v) is 11.9. The fraction of sp³-hybridized carbons (Fsp3) is 0.962. The molecule has 30 heavy (non-hydrogen) atoms. The van der Waals surface area contributed by atoms with Crippen LogP contribution in [0.2, 0.25) is 0 Å². The molecule has 4 nitrogen and oxygen atoms in total. The normalized spacial score (nSPS) is 17.5. The Morgan fingerprint density at radius 2 is 1.40 bits per heavy atom. The molecule has 0 amide bonds. The number of hydrogen-bond acceptors (Lipinski definition) is 4. The number of methoxy groups -OCH3 is 1. The van der Waals surface area contributed by atoms with Gasteiger partial charge in [-0.25, -0.2) is 0 Å². The van der Waals surface area contributed by atoms with Gasteiger partial charge in [-0.1, -0.05) is 68.7 Å². The molecule has 0 fully saturated rings. The lowest BCUT2D eigenvalue weighted by Crippen LogP contribution is -2.54. The van der Waals surface area contributed by atoms with Crippen LogP contribution >= 0.6 is 0 Å². The number of carbonyl (C=O) groups excluding carboxylic acids is 1. The van der Waals surface area contributed by atoms with E-state index in [1.165, 1.54) is 0 Å². The summed E-state index contributed by atoms with van der Waals surface area (Å²) in [6.45, 7) is 26.1. The Morgan fingerprint density at radius 1 is 0.867 bits per heavy atom. The van der Waals surface area contributed by atoms with Crippen LogP contribution in [-0.4, -0.2) is 37.0 Å². The third-order valence-electron chi connectivity index (χ3n) is 7.71. The molecule has 0 N–H and O–H groups in total. The molecule has 0 aromatic rings. The molecule has 0 aliphatic carbocycles. The van der Waals surface area contributed by atoms with Crippen molar-refractivity contribution in [2.75, 3.05) is 13.7 Å². The molecular formula is C26H52O4. The monoisotopic (exact) mass is 428 g/mol. The predicted octanol–water partition coefficient (Wildman–Crippen LogP) is 7.04. The molecule has 0 bridgehead atoms. The van der Waals surface area contributed by atoms with E-state index in [0.29, 0.717) is 18.9 Å². The van der Waals surface area contributed by atoms with Crippen molar-refractivity contribution in [3.63, 3.8) is 0 Å². The Kier molecular flexibility index (Phi) is 11.1. The van der Waals surface area contributed by atoms with Crippen LogP contribution in [0, 0.1) is 22.7 Å².